The van der Waals surface area contributed by atoms with E-state index in [-0.39, 0.29) is 18.3 Å². The first-order valence-electron chi connectivity index (χ1n) is 6.62. The molecule has 0 radical (unpaired) electrons. The van der Waals surface area contributed by atoms with Crippen LogP contribution in [0, 0.1) is 5.92 Å². The molecule has 19 heavy (non-hydrogen) atoms. The number of hydrogen-bond donors (Lipinski definition) is 1. The highest BCUT2D eigenvalue weighted by molar-refractivity contribution is 5.85. The number of rotatable bonds is 6. The Morgan fingerprint density at radius 2 is 1.84 bits per heavy atom. The van der Waals surface area contributed by atoms with E-state index in [1.807, 2.05) is 42.2 Å². The molecule has 1 aromatic rings. The molecule has 1 rings (SSSR count). The van der Waals surface area contributed by atoms with Gasteiger partial charge in [0.05, 0.1) is 6.04 Å². The summed E-state index contributed by atoms with van der Waals surface area (Å²) in [6.07, 6.45) is 0.605. The van der Waals surface area contributed by atoms with E-state index in [0.29, 0.717) is 12.3 Å². The fourth-order valence-electron chi connectivity index (χ4n) is 2.01. The first-order chi connectivity index (χ1) is 8.54. The zero-order chi connectivity index (χ0) is 13.5. The SMILES string of the molecule is CCN(CC(C)C)C(=O)[C@@H](N)Cc1ccccc1.Cl. The lowest BCUT2D eigenvalue weighted by Crippen LogP contribution is -2.46. The highest BCUT2D eigenvalue weighted by atomic mass is 35.5. The van der Waals surface area contributed by atoms with Crippen LogP contribution >= 0.6 is 12.4 Å². The van der Waals surface area contributed by atoms with Gasteiger partial charge in [0.2, 0.25) is 5.91 Å². The van der Waals surface area contributed by atoms with Crippen molar-refractivity contribution in [1.29, 1.82) is 0 Å². The largest absolute Gasteiger partial charge is 0.341 e. The minimum atomic E-state index is -0.439. The number of carbonyl (C=O) groups excluding carboxylic acids is 1. The van der Waals surface area contributed by atoms with Crippen LogP contribution < -0.4 is 5.73 Å². The van der Waals surface area contributed by atoms with E-state index in [0.717, 1.165) is 18.7 Å². The Labute approximate surface area is 122 Å². The molecule has 0 saturated carbocycles. The third-order valence-corrected chi connectivity index (χ3v) is 2.89. The van der Waals surface area contributed by atoms with Gasteiger partial charge >= 0.3 is 0 Å². The Morgan fingerprint density at radius 1 is 1.26 bits per heavy atom. The second kappa shape index (κ2) is 8.94. The van der Waals surface area contributed by atoms with E-state index in [1.165, 1.54) is 0 Å². The van der Waals surface area contributed by atoms with Crippen LogP contribution in [0.3, 0.4) is 0 Å². The van der Waals surface area contributed by atoms with Crippen molar-refractivity contribution in [3.63, 3.8) is 0 Å². The molecule has 0 spiro atoms. The molecule has 1 aromatic carbocycles. The fraction of sp³-hybridized carbons (Fsp3) is 0.533. The predicted molar refractivity (Wildman–Crippen MR) is 82.5 cm³/mol. The van der Waals surface area contributed by atoms with Crippen LogP contribution in [0.1, 0.15) is 26.3 Å². The van der Waals surface area contributed by atoms with Gasteiger partial charge in [-0.3, -0.25) is 4.79 Å². The molecular formula is C15H25ClN2O. The van der Waals surface area contributed by atoms with E-state index in [1.54, 1.807) is 0 Å². The van der Waals surface area contributed by atoms with Crippen molar-refractivity contribution in [3.05, 3.63) is 35.9 Å². The first kappa shape index (κ1) is 17.9. The molecule has 1 atom stereocenters. The van der Waals surface area contributed by atoms with Crippen molar-refractivity contribution in [2.24, 2.45) is 11.7 Å². The topological polar surface area (TPSA) is 46.3 Å². The average Bonchev–Trinajstić information content (AvgIpc) is 2.36. The molecule has 3 nitrogen and oxygen atoms in total. The molecule has 4 heteroatoms. The zero-order valence-corrected chi connectivity index (χ0v) is 12.8. The van der Waals surface area contributed by atoms with Crippen LogP contribution in [-0.2, 0) is 11.2 Å². The summed E-state index contributed by atoms with van der Waals surface area (Å²) >= 11 is 0. The van der Waals surface area contributed by atoms with E-state index >= 15 is 0 Å². The number of nitrogens with zero attached hydrogens (tertiary/aromatic N) is 1. The van der Waals surface area contributed by atoms with Gasteiger partial charge in [0, 0.05) is 13.1 Å². The monoisotopic (exact) mass is 284 g/mol. The number of halogens is 1. The number of hydrogen-bond acceptors (Lipinski definition) is 2. The van der Waals surface area contributed by atoms with Gasteiger partial charge in [-0.05, 0) is 24.8 Å². The van der Waals surface area contributed by atoms with Crippen LogP contribution in [0.5, 0.6) is 0 Å². The van der Waals surface area contributed by atoms with E-state index in [4.69, 9.17) is 5.73 Å². The van der Waals surface area contributed by atoms with Crippen molar-refractivity contribution in [2.75, 3.05) is 13.1 Å². The Balaban J connectivity index is 0.00000324. The molecule has 0 unspecified atom stereocenters. The molecule has 0 aliphatic heterocycles. The molecule has 0 bridgehead atoms. The summed E-state index contributed by atoms with van der Waals surface area (Å²) in [5.41, 5.74) is 7.12. The Morgan fingerprint density at radius 3 is 2.32 bits per heavy atom. The zero-order valence-electron chi connectivity index (χ0n) is 12.0. The van der Waals surface area contributed by atoms with Gasteiger partial charge in [-0.15, -0.1) is 12.4 Å². The molecular weight excluding hydrogens is 260 g/mol. The van der Waals surface area contributed by atoms with E-state index in [9.17, 15) is 4.79 Å². The van der Waals surface area contributed by atoms with Crippen molar-refractivity contribution in [1.82, 2.24) is 4.90 Å². The maximum absolute atomic E-state index is 12.2. The smallest absolute Gasteiger partial charge is 0.239 e. The molecule has 0 saturated heterocycles. The number of likely N-dealkylation sites (N-methyl/N-ethyl adjacent to an activating group) is 1. The molecule has 0 heterocycles. The minimum Gasteiger partial charge on any atom is -0.341 e. The minimum absolute atomic E-state index is 0. The lowest BCUT2D eigenvalue weighted by atomic mass is 10.1. The van der Waals surface area contributed by atoms with Crippen LogP contribution in [0.15, 0.2) is 30.3 Å². The average molecular weight is 285 g/mol. The van der Waals surface area contributed by atoms with Gasteiger partial charge in [0.15, 0.2) is 0 Å². The molecule has 0 aliphatic rings. The van der Waals surface area contributed by atoms with Crippen LogP contribution in [-0.4, -0.2) is 29.9 Å². The van der Waals surface area contributed by atoms with Gasteiger partial charge in [-0.2, -0.15) is 0 Å². The normalized spacial score (nSPS) is 11.8. The number of carbonyl (C=O) groups is 1. The van der Waals surface area contributed by atoms with Crippen LogP contribution in [0.25, 0.3) is 0 Å². The molecule has 2 N–H and O–H groups in total. The van der Waals surface area contributed by atoms with E-state index in [2.05, 4.69) is 13.8 Å². The maximum atomic E-state index is 12.2. The summed E-state index contributed by atoms with van der Waals surface area (Å²) in [6.45, 7) is 7.71. The van der Waals surface area contributed by atoms with Crippen LogP contribution in [0.4, 0.5) is 0 Å². The summed E-state index contributed by atoms with van der Waals surface area (Å²) in [5, 5.41) is 0. The molecule has 0 fully saturated rings. The van der Waals surface area contributed by atoms with Crippen molar-refractivity contribution < 1.29 is 4.79 Å². The van der Waals surface area contributed by atoms with Gasteiger partial charge in [-0.25, -0.2) is 0 Å². The second-order valence-corrected chi connectivity index (χ2v) is 5.07. The lowest BCUT2D eigenvalue weighted by Gasteiger charge is -2.26. The standard InChI is InChI=1S/C15H24N2O.ClH/c1-4-17(11-12(2)3)15(18)14(16)10-13-8-6-5-7-9-13;/h5-9,12,14H,4,10-11,16H2,1-3H3;1H/t14-;/m0./s1. The molecule has 1 amide bonds. The fourth-order valence-corrected chi connectivity index (χ4v) is 2.01. The Hall–Kier alpha value is -1.06. The lowest BCUT2D eigenvalue weighted by molar-refractivity contribution is -0.132. The number of amides is 1. The Kier molecular flexibility index (Phi) is 8.44. The predicted octanol–water partition coefficient (Wildman–Crippen LogP) is 2.48. The van der Waals surface area contributed by atoms with Gasteiger partial charge < -0.3 is 10.6 Å². The summed E-state index contributed by atoms with van der Waals surface area (Å²) in [5.74, 6) is 0.521. The van der Waals surface area contributed by atoms with E-state index < -0.39 is 6.04 Å². The highest BCUT2D eigenvalue weighted by Crippen LogP contribution is 2.06. The highest BCUT2D eigenvalue weighted by Gasteiger charge is 2.20. The molecule has 108 valence electrons. The van der Waals surface area contributed by atoms with Crippen molar-refractivity contribution >= 4 is 18.3 Å². The maximum Gasteiger partial charge on any atom is 0.239 e. The van der Waals surface area contributed by atoms with Crippen molar-refractivity contribution in [2.45, 2.75) is 33.2 Å². The third-order valence-electron chi connectivity index (χ3n) is 2.89. The van der Waals surface area contributed by atoms with Gasteiger partial charge in [0.25, 0.3) is 0 Å². The summed E-state index contributed by atoms with van der Waals surface area (Å²) < 4.78 is 0. The van der Waals surface area contributed by atoms with Crippen molar-refractivity contribution in [3.8, 4) is 0 Å². The third kappa shape index (κ3) is 6.08. The van der Waals surface area contributed by atoms with Gasteiger partial charge in [0.1, 0.15) is 0 Å². The summed E-state index contributed by atoms with van der Waals surface area (Å²) in [4.78, 5) is 14.1. The van der Waals surface area contributed by atoms with Crippen LogP contribution in [0.2, 0.25) is 0 Å². The number of benzene rings is 1. The second-order valence-electron chi connectivity index (χ2n) is 5.07. The molecule has 0 aliphatic carbocycles. The first-order valence-corrected chi connectivity index (χ1v) is 6.62. The Bertz CT molecular complexity index is 368. The summed E-state index contributed by atoms with van der Waals surface area (Å²) in [7, 11) is 0. The quantitative estimate of drug-likeness (QED) is 0.872. The number of nitrogens with two attached hydrogens (primary N) is 1. The summed E-state index contributed by atoms with van der Waals surface area (Å²) in [6, 6.07) is 9.48. The molecule has 0 aromatic heterocycles. The van der Waals surface area contributed by atoms with Gasteiger partial charge in [-0.1, -0.05) is 44.2 Å².